The number of rotatable bonds is 1. The zero-order chi connectivity index (χ0) is 18.6. The van der Waals surface area contributed by atoms with Crippen molar-refractivity contribution in [1.29, 1.82) is 0 Å². The van der Waals surface area contributed by atoms with Crippen LogP contribution in [-0.4, -0.2) is 10.8 Å². The number of pyridine rings is 1. The van der Waals surface area contributed by atoms with Gasteiger partial charge in [0, 0.05) is 12.6 Å². The molecule has 142 valence electrons. The number of carbonyl (C=O) groups is 1. The number of fused-ring (bicyclic) bond motifs is 5. The van der Waals surface area contributed by atoms with Crippen LogP contribution in [0.4, 0.5) is 0 Å². The third-order valence-electron chi connectivity index (χ3n) is 8.82. The molecule has 3 fully saturated rings. The number of nitrogens with zero attached hydrogens (tertiary/aromatic N) is 1. The highest BCUT2D eigenvalue weighted by Gasteiger charge is 2.57. The topological polar surface area (TPSA) is 30.0 Å². The Bertz CT molecular complexity index is 822. The molecule has 0 unspecified atom stereocenters. The molecule has 0 N–H and O–H groups in total. The molecule has 2 heteroatoms. The van der Waals surface area contributed by atoms with Gasteiger partial charge in [0.25, 0.3) is 0 Å². The van der Waals surface area contributed by atoms with E-state index in [0.717, 1.165) is 42.7 Å². The highest BCUT2D eigenvalue weighted by atomic mass is 16.1. The van der Waals surface area contributed by atoms with Gasteiger partial charge >= 0.3 is 0 Å². The quantitative estimate of drug-likeness (QED) is 0.614. The maximum Gasteiger partial charge on any atom is 0.155 e. The van der Waals surface area contributed by atoms with Crippen LogP contribution in [0.5, 0.6) is 0 Å². The molecule has 0 saturated heterocycles. The number of carbonyl (C=O) groups excluding carboxylic acids is 1. The summed E-state index contributed by atoms with van der Waals surface area (Å²) < 4.78 is 0. The van der Waals surface area contributed by atoms with Crippen molar-refractivity contribution in [2.75, 3.05) is 0 Å². The zero-order valence-electron chi connectivity index (χ0n) is 16.7. The fourth-order valence-electron chi connectivity index (χ4n) is 7.28. The maximum atomic E-state index is 12.0. The van der Waals surface area contributed by atoms with E-state index in [-0.39, 0.29) is 5.41 Å². The standard InChI is InChI=1S/C25H31NO/c1-24-12-10-20(27)16-18(24)6-8-21-22-9-7-17(15-19-5-3-4-14-26-19)25(22,2)13-11-23(21)24/h3-5,14-16,21-23H,6-13H2,1-2H3/t21-,22-,23-,24-,25+/m0/s1. The minimum absolute atomic E-state index is 0.283. The van der Waals surface area contributed by atoms with Crippen LogP contribution in [0.1, 0.15) is 70.9 Å². The van der Waals surface area contributed by atoms with Gasteiger partial charge in [0.05, 0.1) is 5.69 Å². The monoisotopic (exact) mass is 361 g/mol. The van der Waals surface area contributed by atoms with Gasteiger partial charge in [-0.1, -0.05) is 31.1 Å². The molecular formula is C25H31NO. The summed E-state index contributed by atoms with van der Waals surface area (Å²) in [4.78, 5) is 16.5. The second kappa shape index (κ2) is 6.15. The van der Waals surface area contributed by atoms with Crippen molar-refractivity contribution >= 4 is 11.9 Å². The number of allylic oxidation sites excluding steroid dienone is 2. The average Bonchev–Trinajstić information content (AvgIpc) is 3.00. The number of aromatic nitrogens is 1. The lowest BCUT2D eigenvalue weighted by molar-refractivity contribution is -0.117. The average molecular weight is 362 g/mol. The van der Waals surface area contributed by atoms with Gasteiger partial charge in [-0.2, -0.15) is 0 Å². The van der Waals surface area contributed by atoms with Gasteiger partial charge < -0.3 is 0 Å². The smallest absolute Gasteiger partial charge is 0.155 e. The lowest BCUT2D eigenvalue weighted by Gasteiger charge is -2.57. The first-order chi connectivity index (χ1) is 13.0. The largest absolute Gasteiger partial charge is 0.295 e. The zero-order valence-corrected chi connectivity index (χ0v) is 16.7. The third kappa shape index (κ3) is 2.59. The molecule has 0 bridgehead atoms. The summed E-state index contributed by atoms with van der Waals surface area (Å²) >= 11 is 0. The van der Waals surface area contributed by atoms with E-state index >= 15 is 0 Å². The van der Waals surface area contributed by atoms with Crippen LogP contribution in [0.15, 0.2) is 41.6 Å². The van der Waals surface area contributed by atoms with Gasteiger partial charge in [0.15, 0.2) is 5.78 Å². The van der Waals surface area contributed by atoms with Crippen molar-refractivity contribution in [3.63, 3.8) is 0 Å². The van der Waals surface area contributed by atoms with Crippen LogP contribution in [0.3, 0.4) is 0 Å². The lowest BCUT2D eigenvalue weighted by atomic mass is 9.47. The molecular weight excluding hydrogens is 330 g/mol. The Kier molecular flexibility index (Phi) is 3.97. The van der Waals surface area contributed by atoms with Crippen molar-refractivity contribution in [2.45, 2.75) is 65.2 Å². The second-order valence-corrected chi connectivity index (χ2v) is 9.89. The minimum atomic E-state index is 0.283. The Labute approximate surface area is 163 Å². The van der Waals surface area contributed by atoms with E-state index in [1.54, 1.807) is 5.57 Å². The molecule has 0 aliphatic heterocycles. The van der Waals surface area contributed by atoms with Gasteiger partial charge in [-0.05, 0) is 97.8 Å². The molecule has 2 nitrogen and oxygen atoms in total. The Morgan fingerprint density at radius 1 is 1.00 bits per heavy atom. The number of ketones is 1. The summed E-state index contributed by atoms with van der Waals surface area (Å²) in [6.45, 7) is 5.01. The lowest BCUT2D eigenvalue weighted by Crippen LogP contribution is -2.49. The molecule has 0 radical (unpaired) electrons. The summed E-state index contributed by atoms with van der Waals surface area (Å²) in [7, 11) is 0. The van der Waals surface area contributed by atoms with Crippen molar-refractivity contribution in [1.82, 2.24) is 4.98 Å². The Balaban J connectivity index is 1.46. The molecule has 4 aliphatic rings. The van der Waals surface area contributed by atoms with Gasteiger partial charge in [-0.15, -0.1) is 0 Å². The predicted octanol–water partition coefficient (Wildman–Crippen LogP) is 6.00. The normalized spacial score (nSPS) is 42.3. The van der Waals surface area contributed by atoms with Crippen LogP contribution in [0.2, 0.25) is 0 Å². The number of hydrogen-bond acceptors (Lipinski definition) is 2. The fourth-order valence-corrected chi connectivity index (χ4v) is 7.28. The van der Waals surface area contributed by atoms with E-state index in [1.807, 2.05) is 18.3 Å². The predicted molar refractivity (Wildman–Crippen MR) is 109 cm³/mol. The summed E-state index contributed by atoms with van der Waals surface area (Å²) in [6, 6.07) is 6.22. The molecule has 27 heavy (non-hydrogen) atoms. The molecule has 1 aromatic rings. The van der Waals surface area contributed by atoms with E-state index in [1.165, 1.54) is 37.7 Å². The Morgan fingerprint density at radius 2 is 1.85 bits per heavy atom. The Morgan fingerprint density at radius 3 is 2.67 bits per heavy atom. The molecule has 5 atom stereocenters. The van der Waals surface area contributed by atoms with Crippen LogP contribution < -0.4 is 0 Å². The minimum Gasteiger partial charge on any atom is -0.295 e. The van der Waals surface area contributed by atoms with Crippen molar-refractivity contribution < 1.29 is 4.79 Å². The van der Waals surface area contributed by atoms with Crippen molar-refractivity contribution in [2.24, 2.45) is 28.6 Å². The summed E-state index contributed by atoms with van der Waals surface area (Å²) in [6.07, 6.45) is 15.8. The second-order valence-electron chi connectivity index (χ2n) is 9.89. The third-order valence-corrected chi connectivity index (χ3v) is 8.82. The van der Waals surface area contributed by atoms with Crippen molar-refractivity contribution in [3.05, 3.63) is 47.3 Å². The van der Waals surface area contributed by atoms with Crippen LogP contribution in [0, 0.1) is 28.6 Å². The highest BCUT2D eigenvalue weighted by molar-refractivity contribution is 5.91. The molecule has 4 aliphatic carbocycles. The van der Waals surface area contributed by atoms with Crippen LogP contribution >= 0.6 is 0 Å². The molecule has 0 amide bonds. The first-order valence-corrected chi connectivity index (χ1v) is 10.9. The first-order valence-electron chi connectivity index (χ1n) is 10.9. The highest BCUT2D eigenvalue weighted by Crippen LogP contribution is 2.66. The van der Waals surface area contributed by atoms with E-state index in [9.17, 15) is 4.79 Å². The molecule has 3 saturated carbocycles. The molecule has 1 heterocycles. The molecule has 0 aromatic carbocycles. The Hall–Kier alpha value is -1.70. The maximum absolute atomic E-state index is 12.0. The van der Waals surface area contributed by atoms with E-state index < -0.39 is 0 Å². The molecule has 0 spiro atoms. The summed E-state index contributed by atoms with van der Waals surface area (Å²) in [5.41, 5.74) is 4.86. The number of hydrogen-bond donors (Lipinski definition) is 0. The summed E-state index contributed by atoms with van der Waals surface area (Å²) in [5.74, 6) is 2.77. The van der Waals surface area contributed by atoms with E-state index in [0.29, 0.717) is 11.2 Å². The van der Waals surface area contributed by atoms with Gasteiger partial charge in [-0.25, -0.2) is 0 Å². The van der Waals surface area contributed by atoms with E-state index in [2.05, 4.69) is 37.0 Å². The SMILES string of the molecule is C[C@]12CCC(=O)C=C1CC[C@@H]1[C@@H]2CC[C@]2(C)C(=Cc3ccccn3)CC[C@@H]12. The molecule has 5 rings (SSSR count). The van der Waals surface area contributed by atoms with Crippen LogP contribution in [-0.2, 0) is 4.79 Å². The van der Waals surface area contributed by atoms with Crippen LogP contribution in [0.25, 0.3) is 6.08 Å². The van der Waals surface area contributed by atoms with Gasteiger partial charge in [0.1, 0.15) is 0 Å². The van der Waals surface area contributed by atoms with Crippen molar-refractivity contribution in [3.8, 4) is 0 Å². The van der Waals surface area contributed by atoms with Gasteiger partial charge in [-0.3, -0.25) is 9.78 Å². The van der Waals surface area contributed by atoms with Gasteiger partial charge in [0.2, 0.25) is 0 Å². The summed E-state index contributed by atoms with van der Waals surface area (Å²) in [5, 5.41) is 0. The first kappa shape index (κ1) is 17.4. The fraction of sp³-hybridized carbons (Fsp3) is 0.600. The van der Waals surface area contributed by atoms with E-state index in [4.69, 9.17) is 0 Å². The molecule has 1 aromatic heterocycles.